The summed E-state index contributed by atoms with van der Waals surface area (Å²) in [5, 5.41) is 0. The number of hydrogen-bond acceptors (Lipinski definition) is 0. The molecule has 0 saturated heterocycles. The first-order valence-corrected chi connectivity index (χ1v) is 13.1. The van der Waals surface area contributed by atoms with Gasteiger partial charge in [0.2, 0.25) is 0 Å². The minimum absolute atomic E-state index is 0.163. The van der Waals surface area contributed by atoms with Crippen LogP contribution in [0.15, 0.2) is 97.1 Å². The van der Waals surface area contributed by atoms with Gasteiger partial charge in [-0.25, -0.2) is 0 Å². The van der Waals surface area contributed by atoms with Gasteiger partial charge in [0.15, 0.2) is 0 Å². The normalized spacial score (nSPS) is 12.1. The molecule has 0 atom stereocenters. The molecule has 0 heterocycles. The van der Waals surface area contributed by atoms with E-state index in [9.17, 15) is 0 Å². The van der Waals surface area contributed by atoms with Crippen LogP contribution in [-0.2, 0) is 11.8 Å². The maximum Gasteiger partial charge on any atom is -0.00986 e. The van der Waals surface area contributed by atoms with Crippen LogP contribution in [-0.4, -0.2) is 0 Å². The van der Waals surface area contributed by atoms with Gasteiger partial charge < -0.3 is 0 Å². The average molecular weight is 461 g/mol. The van der Waals surface area contributed by atoms with Gasteiger partial charge in [0.25, 0.3) is 0 Å². The van der Waals surface area contributed by atoms with E-state index >= 15 is 0 Å². The molecule has 0 fully saturated rings. The molecule has 0 radical (unpaired) electrons. The first kappa shape index (κ1) is 25.0. The minimum Gasteiger partial charge on any atom is -0.0651 e. The van der Waals surface area contributed by atoms with E-state index in [1.807, 2.05) is 0 Å². The quantitative estimate of drug-likeness (QED) is 0.257. The Balaban J connectivity index is 1.53. The van der Waals surface area contributed by atoms with E-state index in [0.717, 1.165) is 12.8 Å². The molecule has 0 unspecified atom stereocenters. The summed E-state index contributed by atoms with van der Waals surface area (Å²) in [6.45, 7) is 13.9. The van der Waals surface area contributed by atoms with Crippen LogP contribution in [0.3, 0.4) is 0 Å². The summed E-state index contributed by atoms with van der Waals surface area (Å²) in [5.74, 6) is 0. The van der Waals surface area contributed by atoms with Gasteiger partial charge in [0.05, 0.1) is 0 Å². The molecule has 4 aromatic carbocycles. The van der Waals surface area contributed by atoms with Crippen molar-refractivity contribution >= 4 is 0 Å². The lowest BCUT2D eigenvalue weighted by atomic mass is 9.72. The first-order valence-electron chi connectivity index (χ1n) is 13.1. The first-order chi connectivity index (χ1) is 16.6. The highest BCUT2D eigenvalue weighted by atomic mass is 14.3. The van der Waals surface area contributed by atoms with Gasteiger partial charge >= 0.3 is 0 Å². The SMILES string of the molecule is CCCc1ccc(-c2ccc(-c3cccc(-c4ccc(C(C)(C)CC(C)(C)C)cc4)c3)cc2)cc1. The van der Waals surface area contributed by atoms with Crippen molar-refractivity contribution in [2.75, 3.05) is 0 Å². The van der Waals surface area contributed by atoms with Gasteiger partial charge in [0.1, 0.15) is 0 Å². The Morgan fingerprint density at radius 2 is 0.943 bits per heavy atom. The van der Waals surface area contributed by atoms with Crippen LogP contribution in [0.4, 0.5) is 0 Å². The summed E-state index contributed by atoms with van der Waals surface area (Å²) in [7, 11) is 0. The second-order valence-electron chi connectivity index (χ2n) is 11.8. The van der Waals surface area contributed by atoms with Crippen molar-refractivity contribution < 1.29 is 0 Å². The third kappa shape index (κ3) is 6.31. The van der Waals surface area contributed by atoms with Crippen LogP contribution in [0.25, 0.3) is 33.4 Å². The zero-order valence-electron chi connectivity index (χ0n) is 22.4. The Labute approximate surface area is 213 Å². The van der Waals surface area contributed by atoms with E-state index in [2.05, 4.69) is 139 Å². The smallest absolute Gasteiger partial charge is 0.00986 e. The third-order valence-corrected chi connectivity index (χ3v) is 6.88. The third-order valence-electron chi connectivity index (χ3n) is 6.88. The molecule has 0 N–H and O–H groups in total. The monoisotopic (exact) mass is 460 g/mol. The van der Waals surface area contributed by atoms with Gasteiger partial charge in [-0.1, -0.05) is 139 Å². The highest BCUT2D eigenvalue weighted by Gasteiger charge is 2.27. The highest BCUT2D eigenvalue weighted by molar-refractivity contribution is 5.75. The summed E-state index contributed by atoms with van der Waals surface area (Å²) in [5.41, 5.74) is 10.9. The molecule has 0 nitrogen and oxygen atoms in total. The molecule has 0 bridgehead atoms. The molecule has 4 rings (SSSR count). The highest BCUT2D eigenvalue weighted by Crippen LogP contribution is 2.37. The molecule has 0 saturated carbocycles. The van der Waals surface area contributed by atoms with Gasteiger partial charge in [0, 0.05) is 0 Å². The van der Waals surface area contributed by atoms with Gasteiger partial charge in [-0.2, -0.15) is 0 Å². The second-order valence-corrected chi connectivity index (χ2v) is 11.8. The van der Waals surface area contributed by atoms with E-state index in [1.165, 1.54) is 50.9 Å². The zero-order chi connectivity index (χ0) is 25.1. The van der Waals surface area contributed by atoms with Crippen molar-refractivity contribution in [3.8, 4) is 33.4 Å². The van der Waals surface area contributed by atoms with Crippen molar-refractivity contribution in [2.45, 2.75) is 66.2 Å². The molecule has 180 valence electrons. The maximum atomic E-state index is 2.36. The van der Waals surface area contributed by atoms with Gasteiger partial charge in [-0.05, 0) is 74.2 Å². The molecule has 35 heavy (non-hydrogen) atoms. The Morgan fingerprint density at radius 1 is 0.514 bits per heavy atom. The number of rotatable bonds is 7. The van der Waals surface area contributed by atoms with Gasteiger partial charge in [-0.3, -0.25) is 0 Å². The van der Waals surface area contributed by atoms with Crippen LogP contribution >= 0.6 is 0 Å². The Hall–Kier alpha value is -3.12. The fraction of sp³-hybridized carbons (Fsp3) is 0.314. The lowest BCUT2D eigenvalue weighted by molar-refractivity contribution is 0.284. The molecule has 0 aliphatic heterocycles. The van der Waals surface area contributed by atoms with Crippen LogP contribution in [0.2, 0.25) is 0 Å². The Morgan fingerprint density at radius 3 is 1.40 bits per heavy atom. The van der Waals surface area contributed by atoms with Crippen LogP contribution < -0.4 is 0 Å². The van der Waals surface area contributed by atoms with Crippen molar-refractivity contribution in [1.29, 1.82) is 0 Å². The average Bonchev–Trinajstić information content (AvgIpc) is 2.84. The fourth-order valence-electron chi connectivity index (χ4n) is 5.43. The summed E-state index contributed by atoms with van der Waals surface area (Å²) in [6.07, 6.45) is 3.49. The maximum absolute atomic E-state index is 2.36. The number of aryl methyl sites for hydroxylation is 1. The van der Waals surface area contributed by atoms with Gasteiger partial charge in [-0.15, -0.1) is 0 Å². The predicted molar refractivity (Wildman–Crippen MR) is 154 cm³/mol. The minimum atomic E-state index is 0.163. The summed E-state index contributed by atoms with van der Waals surface area (Å²) < 4.78 is 0. The predicted octanol–water partition coefficient (Wildman–Crippen LogP) is 10.4. The Kier molecular flexibility index (Phi) is 7.31. The van der Waals surface area contributed by atoms with Crippen LogP contribution in [0.5, 0.6) is 0 Å². The largest absolute Gasteiger partial charge is 0.0651 e. The van der Waals surface area contributed by atoms with Crippen molar-refractivity contribution in [3.05, 3.63) is 108 Å². The molecule has 0 aliphatic rings. The van der Waals surface area contributed by atoms with Crippen molar-refractivity contribution in [1.82, 2.24) is 0 Å². The summed E-state index contributed by atoms with van der Waals surface area (Å²) in [4.78, 5) is 0. The second kappa shape index (κ2) is 10.2. The summed E-state index contributed by atoms with van der Waals surface area (Å²) in [6, 6.07) is 36.1. The van der Waals surface area contributed by atoms with E-state index in [0.29, 0.717) is 5.41 Å². The molecular weight excluding hydrogens is 420 g/mol. The fourth-order valence-corrected chi connectivity index (χ4v) is 5.43. The molecule has 0 aliphatic carbocycles. The van der Waals surface area contributed by atoms with E-state index < -0.39 is 0 Å². The molecule has 0 amide bonds. The molecule has 0 aromatic heterocycles. The van der Waals surface area contributed by atoms with Crippen LogP contribution in [0, 0.1) is 5.41 Å². The molecular formula is C35H40. The number of benzene rings is 4. The van der Waals surface area contributed by atoms with E-state index in [-0.39, 0.29) is 5.41 Å². The molecule has 0 spiro atoms. The lowest BCUT2D eigenvalue weighted by Gasteiger charge is -2.33. The van der Waals surface area contributed by atoms with Crippen LogP contribution in [0.1, 0.15) is 65.5 Å². The topological polar surface area (TPSA) is 0 Å². The Bertz CT molecular complexity index is 1230. The molecule has 4 aromatic rings. The standard InChI is InChI=1S/C35H40/c1-7-9-26-12-14-27(15-13-26)28-16-18-29(19-17-28)31-10-8-11-32(24-31)30-20-22-33(23-21-30)35(5,6)25-34(2,3)4/h8,10-24H,7,9,25H2,1-6H3. The molecule has 0 heteroatoms. The van der Waals surface area contributed by atoms with E-state index in [1.54, 1.807) is 0 Å². The van der Waals surface area contributed by atoms with E-state index in [4.69, 9.17) is 0 Å². The summed E-state index contributed by atoms with van der Waals surface area (Å²) >= 11 is 0. The lowest BCUT2D eigenvalue weighted by Crippen LogP contribution is -2.24. The zero-order valence-corrected chi connectivity index (χ0v) is 22.4. The van der Waals surface area contributed by atoms with Crippen molar-refractivity contribution in [3.63, 3.8) is 0 Å². The number of hydrogen-bond donors (Lipinski definition) is 0. The van der Waals surface area contributed by atoms with Crippen molar-refractivity contribution in [2.24, 2.45) is 5.41 Å².